The molecule has 1 aromatic rings. The molecule has 0 aliphatic carbocycles. The summed E-state index contributed by atoms with van der Waals surface area (Å²) in [6.45, 7) is 5.20. The molecular weight excluding hydrogens is 278 g/mol. The maximum absolute atomic E-state index is 12.4. The fourth-order valence-corrected chi connectivity index (χ4v) is 2.61. The first-order chi connectivity index (χ1) is 10.5. The standard InChI is InChI=1S/C17H25N3O2/c1-3-12(2)15(18)16(21)19-14-9-10-20(17(14)22)11-13-7-5-4-6-8-13/h4-8,12,14-15H,3,9-11,18H2,1-2H3,(H,19,21). The maximum Gasteiger partial charge on any atom is 0.245 e. The van der Waals surface area contributed by atoms with Gasteiger partial charge in [0, 0.05) is 13.1 Å². The van der Waals surface area contributed by atoms with Crippen LogP contribution in [0.25, 0.3) is 0 Å². The first kappa shape index (κ1) is 16.5. The molecule has 0 radical (unpaired) electrons. The van der Waals surface area contributed by atoms with E-state index in [0.717, 1.165) is 12.0 Å². The molecule has 1 aromatic carbocycles. The molecule has 2 amide bonds. The third-order valence-corrected chi connectivity index (χ3v) is 4.39. The lowest BCUT2D eigenvalue weighted by molar-refractivity contribution is -0.133. The predicted octanol–water partition coefficient (Wildman–Crippen LogP) is 1.28. The summed E-state index contributed by atoms with van der Waals surface area (Å²) in [5.74, 6) is -0.139. The highest BCUT2D eigenvalue weighted by atomic mass is 16.2. The highest BCUT2D eigenvalue weighted by Crippen LogP contribution is 2.16. The van der Waals surface area contributed by atoms with Crippen molar-refractivity contribution < 1.29 is 9.59 Å². The SMILES string of the molecule is CCC(C)C(N)C(=O)NC1CCN(Cc2ccccc2)C1=O. The molecule has 5 heteroatoms. The number of amides is 2. The average molecular weight is 303 g/mol. The van der Waals surface area contributed by atoms with Crippen LogP contribution in [0.15, 0.2) is 30.3 Å². The van der Waals surface area contributed by atoms with E-state index in [-0.39, 0.29) is 17.7 Å². The van der Waals surface area contributed by atoms with E-state index in [1.165, 1.54) is 0 Å². The lowest BCUT2D eigenvalue weighted by atomic mass is 9.99. The Morgan fingerprint density at radius 3 is 2.73 bits per heavy atom. The molecule has 0 saturated carbocycles. The fourth-order valence-electron chi connectivity index (χ4n) is 2.61. The fraction of sp³-hybridized carbons (Fsp3) is 0.529. The summed E-state index contributed by atoms with van der Waals surface area (Å²) < 4.78 is 0. The number of carbonyl (C=O) groups is 2. The number of hydrogen-bond acceptors (Lipinski definition) is 3. The van der Waals surface area contributed by atoms with Gasteiger partial charge in [-0.15, -0.1) is 0 Å². The van der Waals surface area contributed by atoms with Crippen molar-refractivity contribution in [2.45, 2.75) is 45.3 Å². The maximum atomic E-state index is 12.4. The molecule has 1 aliphatic rings. The molecule has 22 heavy (non-hydrogen) atoms. The first-order valence-electron chi connectivity index (χ1n) is 7.91. The number of nitrogens with zero attached hydrogens (tertiary/aromatic N) is 1. The van der Waals surface area contributed by atoms with Gasteiger partial charge >= 0.3 is 0 Å². The van der Waals surface area contributed by atoms with Crippen LogP contribution in [0.3, 0.4) is 0 Å². The molecule has 120 valence electrons. The van der Waals surface area contributed by atoms with E-state index in [1.54, 1.807) is 4.90 Å². The van der Waals surface area contributed by atoms with Gasteiger partial charge in [-0.25, -0.2) is 0 Å². The molecule has 2 rings (SSSR count). The largest absolute Gasteiger partial charge is 0.343 e. The average Bonchev–Trinajstić information content (AvgIpc) is 2.87. The third kappa shape index (κ3) is 3.85. The van der Waals surface area contributed by atoms with E-state index in [9.17, 15) is 9.59 Å². The van der Waals surface area contributed by atoms with Crippen LogP contribution >= 0.6 is 0 Å². The molecule has 3 atom stereocenters. The van der Waals surface area contributed by atoms with Gasteiger partial charge in [-0.2, -0.15) is 0 Å². The summed E-state index contributed by atoms with van der Waals surface area (Å²) in [6, 6.07) is 8.87. The van der Waals surface area contributed by atoms with E-state index < -0.39 is 12.1 Å². The van der Waals surface area contributed by atoms with Crippen LogP contribution in [0.2, 0.25) is 0 Å². The van der Waals surface area contributed by atoms with Crippen molar-refractivity contribution in [2.75, 3.05) is 6.54 Å². The van der Waals surface area contributed by atoms with E-state index in [2.05, 4.69) is 5.32 Å². The Labute approximate surface area is 131 Å². The number of nitrogens with one attached hydrogen (secondary N) is 1. The van der Waals surface area contributed by atoms with Gasteiger partial charge in [0.05, 0.1) is 6.04 Å². The minimum atomic E-state index is -0.555. The smallest absolute Gasteiger partial charge is 0.245 e. The quantitative estimate of drug-likeness (QED) is 0.831. The number of hydrogen-bond donors (Lipinski definition) is 2. The summed E-state index contributed by atoms with van der Waals surface area (Å²) >= 11 is 0. The zero-order valence-electron chi connectivity index (χ0n) is 13.3. The molecule has 0 aromatic heterocycles. The van der Waals surface area contributed by atoms with Gasteiger partial charge in [-0.05, 0) is 17.9 Å². The van der Waals surface area contributed by atoms with Crippen molar-refractivity contribution in [3.8, 4) is 0 Å². The van der Waals surface area contributed by atoms with Crippen LogP contribution < -0.4 is 11.1 Å². The van der Waals surface area contributed by atoms with E-state index in [0.29, 0.717) is 19.5 Å². The van der Waals surface area contributed by atoms with Crippen LogP contribution in [0.4, 0.5) is 0 Å². The summed E-state index contributed by atoms with van der Waals surface area (Å²) in [7, 11) is 0. The Morgan fingerprint density at radius 1 is 1.41 bits per heavy atom. The van der Waals surface area contributed by atoms with Gasteiger partial charge in [-0.1, -0.05) is 50.6 Å². The molecule has 1 saturated heterocycles. The third-order valence-electron chi connectivity index (χ3n) is 4.39. The van der Waals surface area contributed by atoms with E-state index in [4.69, 9.17) is 5.73 Å². The number of likely N-dealkylation sites (tertiary alicyclic amines) is 1. The summed E-state index contributed by atoms with van der Waals surface area (Å²) in [6.07, 6.45) is 1.48. The van der Waals surface area contributed by atoms with Gasteiger partial charge in [0.2, 0.25) is 11.8 Å². The first-order valence-corrected chi connectivity index (χ1v) is 7.91. The van der Waals surface area contributed by atoms with Gasteiger partial charge in [0.25, 0.3) is 0 Å². The zero-order chi connectivity index (χ0) is 16.1. The minimum Gasteiger partial charge on any atom is -0.343 e. The second-order valence-electron chi connectivity index (χ2n) is 6.01. The molecule has 1 aliphatic heterocycles. The van der Waals surface area contributed by atoms with Crippen LogP contribution in [-0.2, 0) is 16.1 Å². The van der Waals surface area contributed by atoms with E-state index in [1.807, 2.05) is 44.2 Å². The number of rotatable bonds is 6. The normalized spacial score (nSPS) is 20.8. The van der Waals surface area contributed by atoms with Gasteiger partial charge in [-0.3, -0.25) is 9.59 Å². The summed E-state index contributed by atoms with van der Waals surface area (Å²) in [5.41, 5.74) is 7.01. The highest BCUT2D eigenvalue weighted by molar-refractivity contribution is 5.91. The molecule has 5 nitrogen and oxygen atoms in total. The Morgan fingerprint density at radius 2 is 2.09 bits per heavy atom. The van der Waals surface area contributed by atoms with Crippen LogP contribution in [0, 0.1) is 5.92 Å². The molecule has 3 unspecified atom stereocenters. The monoisotopic (exact) mass is 303 g/mol. The minimum absolute atomic E-state index is 0.0199. The molecular formula is C17H25N3O2. The van der Waals surface area contributed by atoms with Crippen molar-refractivity contribution in [2.24, 2.45) is 11.7 Å². The number of nitrogens with two attached hydrogens (primary N) is 1. The van der Waals surface area contributed by atoms with Crippen molar-refractivity contribution >= 4 is 11.8 Å². The molecule has 1 fully saturated rings. The summed E-state index contributed by atoms with van der Waals surface area (Å²) in [5, 5.41) is 2.80. The second kappa shape index (κ2) is 7.40. The Hall–Kier alpha value is -1.88. The van der Waals surface area contributed by atoms with Gasteiger partial charge < -0.3 is 16.0 Å². The van der Waals surface area contributed by atoms with Crippen molar-refractivity contribution in [3.63, 3.8) is 0 Å². The number of carbonyl (C=O) groups excluding carboxylic acids is 2. The topological polar surface area (TPSA) is 75.4 Å². The molecule has 3 N–H and O–H groups in total. The highest BCUT2D eigenvalue weighted by Gasteiger charge is 2.34. The lowest BCUT2D eigenvalue weighted by Crippen LogP contribution is -2.50. The van der Waals surface area contributed by atoms with Crippen LogP contribution in [0.5, 0.6) is 0 Å². The predicted molar refractivity (Wildman–Crippen MR) is 85.8 cm³/mol. The molecule has 0 bridgehead atoms. The molecule has 1 heterocycles. The van der Waals surface area contributed by atoms with Crippen molar-refractivity contribution in [1.29, 1.82) is 0 Å². The summed E-state index contributed by atoms with van der Waals surface area (Å²) in [4.78, 5) is 26.3. The van der Waals surface area contributed by atoms with Crippen molar-refractivity contribution in [3.05, 3.63) is 35.9 Å². The Bertz CT molecular complexity index is 518. The zero-order valence-corrected chi connectivity index (χ0v) is 13.3. The van der Waals surface area contributed by atoms with E-state index >= 15 is 0 Å². The number of benzene rings is 1. The van der Waals surface area contributed by atoms with Crippen molar-refractivity contribution in [1.82, 2.24) is 10.2 Å². The van der Waals surface area contributed by atoms with Gasteiger partial charge in [0.15, 0.2) is 0 Å². The second-order valence-corrected chi connectivity index (χ2v) is 6.01. The Balaban J connectivity index is 1.90. The van der Waals surface area contributed by atoms with Crippen LogP contribution in [0.1, 0.15) is 32.3 Å². The lowest BCUT2D eigenvalue weighted by Gasteiger charge is -2.21. The van der Waals surface area contributed by atoms with Crippen LogP contribution in [-0.4, -0.2) is 35.3 Å². The van der Waals surface area contributed by atoms with Gasteiger partial charge in [0.1, 0.15) is 6.04 Å². The Kier molecular flexibility index (Phi) is 5.55. The molecule has 0 spiro atoms.